The van der Waals surface area contributed by atoms with E-state index in [0.29, 0.717) is 27.2 Å². The van der Waals surface area contributed by atoms with Crippen LogP contribution in [0.4, 0.5) is 4.39 Å². The molecule has 136 valence electrons. The quantitative estimate of drug-likeness (QED) is 0.581. The molecule has 0 bridgehead atoms. The number of nitrogens with one attached hydrogen (secondary N) is 1. The number of rotatable bonds is 3. The molecule has 27 heavy (non-hydrogen) atoms. The minimum Gasteiger partial charge on any atom is -0.496 e. The maximum Gasteiger partial charge on any atom is 0.271 e. The molecule has 1 N–H and O–H groups in total. The summed E-state index contributed by atoms with van der Waals surface area (Å²) in [6, 6.07) is 10.4. The van der Waals surface area contributed by atoms with Crippen molar-refractivity contribution in [3.63, 3.8) is 0 Å². The van der Waals surface area contributed by atoms with Crippen molar-refractivity contribution in [2.45, 2.75) is 18.9 Å². The lowest BCUT2D eigenvalue weighted by molar-refractivity contribution is 0.416. The van der Waals surface area contributed by atoms with E-state index < -0.39 is 16.8 Å². The Hall–Kier alpha value is -2.93. The van der Waals surface area contributed by atoms with Crippen LogP contribution in [0, 0.1) is 5.82 Å². The Labute approximate surface area is 156 Å². The van der Waals surface area contributed by atoms with Crippen LogP contribution in [-0.4, -0.2) is 16.1 Å². The topological polar surface area (TPSA) is 64.1 Å². The number of methoxy groups -OCH3 is 1. The molecule has 2 aromatic heterocycles. The Bertz CT molecular complexity index is 1330. The number of aromatic amines is 1. The third-order valence-electron chi connectivity index (χ3n) is 5.03. The highest BCUT2D eigenvalue weighted by Crippen LogP contribution is 2.41. The van der Waals surface area contributed by atoms with E-state index in [0.717, 1.165) is 24.4 Å². The molecule has 1 aliphatic rings. The van der Waals surface area contributed by atoms with Crippen molar-refractivity contribution in [1.82, 2.24) is 8.94 Å². The molecule has 0 saturated heterocycles. The van der Waals surface area contributed by atoms with Crippen molar-refractivity contribution < 1.29 is 9.13 Å². The zero-order valence-electron chi connectivity index (χ0n) is 14.4. The third kappa shape index (κ3) is 2.35. The Balaban J connectivity index is 1.93. The number of pyridine rings is 1. The van der Waals surface area contributed by atoms with Gasteiger partial charge in [0.15, 0.2) is 0 Å². The average Bonchev–Trinajstić information content (AvgIpc) is 3.44. The summed E-state index contributed by atoms with van der Waals surface area (Å²) < 4.78 is 25.0. The molecular formula is C20H15FN2O3S. The third-order valence-corrected chi connectivity index (χ3v) is 5.91. The Kier molecular flexibility index (Phi) is 3.48. The second-order valence-electron chi connectivity index (χ2n) is 6.69. The van der Waals surface area contributed by atoms with E-state index in [9.17, 15) is 14.0 Å². The van der Waals surface area contributed by atoms with E-state index in [4.69, 9.17) is 4.74 Å². The summed E-state index contributed by atoms with van der Waals surface area (Å²) in [5.41, 5.74) is 0.801. The van der Waals surface area contributed by atoms with Crippen LogP contribution < -0.4 is 15.7 Å². The van der Waals surface area contributed by atoms with Crippen molar-refractivity contribution in [2.75, 3.05) is 7.11 Å². The molecule has 5 rings (SSSR count). The highest BCUT2D eigenvalue weighted by atomic mass is 32.1. The van der Waals surface area contributed by atoms with Crippen LogP contribution >= 0.6 is 11.5 Å². The van der Waals surface area contributed by atoms with Gasteiger partial charge in [-0.2, -0.15) is 0 Å². The largest absolute Gasteiger partial charge is 0.496 e. The normalized spacial score (nSPS) is 14.1. The first-order valence-electron chi connectivity index (χ1n) is 8.62. The number of hydrogen-bond donors (Lipinski definition) is 1. The van der Waals surface area contributed by atoms with Gasteiger partial charge in [0.1, 0.15) is 21.8 Å². The van der Waals surface area contributed by atoms with Crippen LogP contribution in [0.2, 0.25) is 0 Å². The van der Waals surface area contributed by atoms with Crippen molar-refractivity contribution in [3.05, 3.63) is 62.8 Å². The molecule has 0 aliphatic heterocycles. The van der Waals surface area contributed by atoms with Gasteiger partial charge in [-0.05, 0) is 42.6 Å². The van der Waals surface area contributed by atoms with Crippen LogP contribution in [0.3, 0.4) is 0 Å². The van der Waals surface area contributed by atoms with Crippen LogP contribution in [0.15, 0.2) is 46.0 Å². The summed E-state index contributed by atoms with van der Waals surface area (Å²) in [7, 11) is 1.54. The zero-order chi connectivity index (χ0) is 18.7. The minimum atomic E-state index is -0.516. The molecule has 4 aromatic rings. The lowest BCUT2D eigenvalue weighted by atomic mass is 10.0. The van der Waals surface area contributed by atoms with E-state index in [1.54, 1.807) is 25.3 Å². The van der Waals surface area contributed by atoms with Crippen LogP contribution in [0.25, 0.3) is 32.2 Å². The SMILES string of the molecule is COc1ccccc1-c1cc2c(cc1F)c(=O)c1c(=O)[nH]sc1n2C1CC1. The van der Waals surface area contributed by atoms with E-state index >= 15 is 0 Å². The number of hydrogen-bond acceptors (Lipinski definition) is 4. The maximum absolute atomic E-state index is 15.0. The molecule has 2 aromatic carbocycles. The first kappa shape index (κ1) is 16.3. The number of benzene rings is 2. The minimum absolute atomic E-state index is 0.115. The molecule has 0 radical (unpaired) electrons. The lowest BCUT2D eigenvalue weighted by Gasteiger charge is -2.15. The summed E-state index contributed by atoms with van der Waals surface area (Å²) in [5, 5.41) is 0.346. The number of H-pyrrole nitrogens is 1. The van der Waals surface area contributed by atoms with Gasteiger partial charge < -0.3 is 9.30 Å². The lowest BCUT2D eigenvalue weighted by Crippen LogP contribution is -2.15. The van der Waals surface area contributed by atoms with Crippen molar-refractivity contribution in [2.24, 2.45) is 0 Å². The van der Waals surface area contributed by atoms with Gasteiger partial charge in [0.05, 0.1) is 12.6 Å². The molecule has 1 fully saturated rings. The molecule has 0 spiro atoms. The summed E-state index contributed by atoms with van der Waals surface area (Å²) in [5.74, 6) is 0.0425. The highest BCUT2D eigenvalue weighted by Gasteiger charge is 2.29. The van der Waals surface area contributed by atoms with Gasteiger partial charge in [0, 0.05) is 22.6 Å². The van der Waals surface area contributed by atoms with Crippen LogP contribution in [0.5, 0.6) is 5.75 Å². The van der Waals surface area contributed by atoms with E-state index in [-0.39, 0.29) is 16.8 Å². The first-order chi connectivity index (χ1) is 13.1. The Morgan fingerprint density at radius 2 is 1.96 bits per heavy atom. The molecule has 5 nitrogen and oxygen atoms in total. The number of nitrogens with zero attached hydrogens (tertiary/aromatic N) is 1. The average molecular weight is 382 g/mol. The summed E-state index contributed by atoms with van der Waals surface area (Å²) >= 11 is 1.16. The van der Waals surface area contributed by atoms with Crippen LogP contribution in [-0.2, 0) is 0 Å². The highest BCUT2D eigenvalue weighted by molar-refractivity contribution is 7.12. The van der Waals surface area contributed by atoms with Gasteiger partial charge in [0.25, 0.3) is 5.56 Å². The predicted octanol–water partition coefficient (Wildman–Crippen LogP) is 4.05. The standard InChI is InChI=1S/C20H15FN2O3S/c1-26-16-5-3-2-4-11(16)12-9-15-13(8-14(12)21)18(24)17-19(25)22-27-20(17)23(15)10-6-7-10/h2-5,8-10H,6-7H2,1H3,(H,22,25). The van der Waals surface area contributed by atoms with Gasteiger partial charge in [-0.25, -0.2) is 4.39 Å². The van der Waals surface area contributed by atoms with Crippen LogP contribution in [0.1, 0.15) is 18.9 Å². The fraction of sp³-hybridized carbons (Fsp3) is 0.200. The molecule has 1 aliphatic carbocycles. The fourth-order valence-corrected chi connectivity index (χ4v) is 4.54. The molecular weight excluding hydrogens is 367 g/mol. The smallest absolute Gasteiger partial charge is 0.271 e. The number of ether oxygens (including phenoxy) is 1. The molecule has 1 saturated carbocycles. The van der Waals surface area contributed by atoms with Gasteiger partial charge in [0.2, 0.25) is 5.43 Å². The summed E-state index contributed by atoms with van der Waals surface area (Å²) in [6.45, 7) is 0. The van der Waals surface area contributed by atoms with Gasteiger partial charge in [-0.15, -0.1) is 0 Å². The molecule has 2 heterocycles. The number of aromatic nitrogens is 2. The Morgan fingerprint density at radius 1 is 1.19 bits per heavy atom. The van der Waals surface area contributed by atoms with Crippen molar-refractivity contribution in [3.8, 4) is 16.9 Å². The number of halogens is 1. The van der Waals surface area contributed by atoms with Gasteiger partial charge >= 0.3 is 0 Å². The molecule has 0 atom stereocenters. The van der Waals surface area contributed by atoms with E-state index in [2.05, 4.69) is 4.37 Å². The number of para-hydroxylation sites is 1. The second-order valence-corrected chi connectivity index (χ2v) is 7.49. The summed E-state index contributed by atoms with van der Waals surface area (Å²) in [4.78, 5) is 25.6. The van der Waals surface area contributed by atoms with E-state index in [1.807, 2.05) is 16.7 Å². The van der Waals surface area contributed by atoms with Gasteiger partial charge in [-0.3, -0.25) is 14.0 Å². The fourth-order valence-electron chi connectivity index (χ4n) is 3.62. The van der Waals surface area contributed by atoms with Gasteiger partial charge in [-0.1, -0.05) is 18.2 Å². The predicted molar refractivity (Wildman–Crippen MR) is 104 cm³/mol. The van der Waals surface area contributed by atoms with E-state index in [1.165, 1.54) is 6.07 Å². The Morgan fingerprint density at radius 3 is 2.70 bits per heavy atom. The summed E-state index contributed by atoms with van der Waals surface area (Å²) in [6.07, 6.45) is 1.95. The first-order valence-corrected chi connectivity index (χ1v) is 9.44. The maximum atomic E-state index is 15.0. The zero-order valence-corrected chi connectivity index (χ0v) is 15.2. The molecule has 7 heteroatoms. The number of fused-ring (bicyclic) bond motifs is 2. The second kappa shape index (κ2) is 5.79. The van der Waals surface area contributed by atoms with Crippen molar-refractivity contribution in [1.29, 1.82) is 0 Å². The molecule has 0 unspecified atom stereocenters. The monoisotopic (exact) mass is 382 g/mol. The molecule has 0 amide bonds. The van der Waals surface area contributed by atoms with Crippen molar-refractivity contribution >= 4 is 32.7 Å².